The Labute approximate surface area is 102 Å². The van der Waals surface area contributed by atoms with Gasteiger partial charge in [-0.05, 0) is 56.8 Å². The molecule has 0 amide bonds. The highest BCUT2D eigenvalue weighted by atomic mass is 16.6. The molecule has 94 valence electrons. The third kappa shape index (κ3) is 1.71. The van der Waals surface area contributed by atoms with Crippen molar-refractivity contribution in [2.75, 3.05) is 0 Å². The molecule has 3 nitrogen and oxygen atoms in total. The Morgan fingerprint density at radius 2 is 1.88 bits per heavy atom. The van der Waals surface area contributed by atoms with Crippen LogP contribution in [0.2, 0.25) is 0 Å². The molecule has 17 heavy (non-hydrogen) atoms. The Bertz CT molecular complexity index is 358. The van der Waals surface area contributed by atoms with Crippen molar-refractivity contribution < 1.29 is 14.6 Å². The maximum Gasteiger partial charge on any atom is 0.333 e. The number of aliphatic hydroxyl groups excluding tert-OH is 1. The third-order valence-corrected chi connectivity index (χ3v) is 4.82. The molecule has 0 heterocycles. The van der Waals surface area contributed by atoms with Crippen LogP contribution in [0.1, 0.15) is 39.0 Å². The summed E-state index contributed by atoms with van der Waals surface area (Å²) >= 11 is 0. The summed E-state index contributed by atoms with van der Waals surface area (Å²) in [7, 11) is 0. The molecule has 2 atom stereocenters. The van der Waals surface area contributed by atoms with E-state index in [0.717, 1.165) is 32.1 Å². The molecule has 3 heteroatoms. The van der Waals surface area contributed by atoms with Crippen molar-refractivity contribution in [3.63, 3.8) is 0 Å². The van der Waals surface area contributed by atoms with Crippen LogP contribution in [-0.4, -0.2) is 22.8 Å². The first-order valence-corrected chi connectivity index (χ1v) is 6.56. The molecular weight excluding hydrogens is 216 g/mol. The maximum atomic E-state index is 11.7. The summed E-state index contributed by atoms with van der Waals surface area (Å²) in [6.45, 7) is 5.34. The molecule has 0 aromatic heterocycles. The predicted octanol–water partition coefficient (Wildman–Crippen LogP) is 2.05. The van der Waals surface area contributed by atoms with E-state index in [4.69, 9.17) is 4.74 Å². The van der Waals surface area contributed by atoms with Crippen LogP contribution in [0.5, 0.6) is 0 Å². The van der Waals surface area contributed by atoms with Crippen LogP contribution in [0.15, 0.2) is 12.2 Å². The van der Waals surface area contributed by atoms with Gasteiger partial charge in [0.1, 0.15) is 5.60 Å². The van der Waals surface area contributed by atoms with E-state index >= 15 is 0 Å². The molecule has 2 unspecified atom stereocenters. The number of aliphatic hydroxyl groups is 1. The zero-order valence-corrected chi connectivity index (χ0v) is 10.3. The van der Waals surface area contributed by atoms with E-state index in [9.17, 15) is 9.90 Å². The average Bonchev–Trinajstić information content (AvgIpc) is 2.23. The van der Waals surface area contributed by atoms with Crippen molar-refractivity contribution in [3.05, 3.63) is 12.2 Å². The van der Waals surface area contributed by atoms with Crippen molar-refractivity contribution in [3.8, 4) is 0 Å². The molecule has 0 aromatic carbocycles. The minimum atomic E-state index is -0.286. The summed E-state index contributed by atoms with van der Waals surface area (Å²) < 4.78 is 5.71. The van der Waals surface area contributed by atoms with Crippen molar-refractivity contribution in [2.24, 2.45) is 17.8 Å². The molecule has 4 saturated carbocycles. The van der Waals surface area contributed by atoms with Gasteiger partial charge in [0.15, 0.2) is 0 Å². The zero-order valence-electron chi connectivity index (χ0n) is 10.3. The quantitative estimate of drug-likeness (QED) is 0.589. The fourth-order valence-electron chi connectivity index (χ4n) is 4.33. The Kier molecular flexibility index (Phi) is 2.37. The van der Waals surface area contributed by atoms with Gasteiger partial charge in [-0.1, -0.05) is 6.58 Å². The molecule has 4 bridgehead atoms. The predicted molar refractivity (Wildman–Crippen MR) is 63.2 cm³/mol. The summed E-state index contributed by atoms with van der Waals surface area (Å²) in [6, 6.07) is 0. The minimum absolute atomic E-state index is 0.164. The average molecular weight is 236 g/mol. The highest BCUT2D eigenvalue weighted by Gasteiger charge is 2.57. The normalized spacial score (nSPS) is 46.9. The van der Waals surface area contributed by atoms with Crippen LogP contribution in [0.4, 0.5) is 0 Å². The fourth-order valence-corrected chi connectivity index (χ4v) is 4.33. The second-order valence-corrected chi connectivity index (χ2v) is 6.31. The van der Waals surface area contributed by atoms with E-state index in [1.165, 1.54) is 0 Å². The van der Waals surface area contributed by atoms with Crippen LogP contribution in [0, 0.1) is 17.8 Å². The Balaban J connectivity index is 1.80. The fraction of sp³-hybridized carbons (Fsp3) is 0.786. The summed E-state index contributed by atoms with van der Waals surface area (Å²) in [5, 5.41) is 10.1. The molecule has 0 aliphatic heterocycles. The minimum Gasteiger partial charge on any atom is -0.456 e. The molecule has 0 aromatic rings. The lowest BCUT2D eigenvalue weighted by atomic mass is 9.53. The number of ether oxygens (including phenoxy) is 1. The van der Waals surface area contributed by atoms with Crippen LogP contribution < -0.4 is 0 Å². The lowest BCUT2D eigenvalue weighted by molar-refractivity contribution is -0.203. The molecule has 0 saturated heterocycles. The van der Waals surface area contributed by atoms with E-state index in [2.05, 4.69) is 6.58 Å². The van der Waals surface area contributed by atoms with Gasteiger partial charge in [0, 0.05) is 5.57 Å². The zero-order chi connectivity index (χ0) is 12.2. The van der Waals surface area contributed by atoms with Gasteiger partial charge in [0.05, 0.1) is 6.10 Å². The van der Waals surface area contributed by atoms with Gasteiger partial charge in [-0.3, -0.25) is 0 Å². The number of hydrogen-bond acceptors (Lipinski definition) is 3. The SMILES string of the molecule is C=C(C)C(=O)OC12CC3CC(C1)C(O)C(C3)C2. The Hall–Kier alpha value is -0.830. The number of carbonyl (C=O) groups is 1. The van der Waals surface area contributed by atoms with Gasteiger partial charge in [-0.25, -0.2) is 4.79 Å². The topological polar surface area (TPSA) is 46.5 Å². The molecule has 4 aliphatic rings. The van der Waals surface area contributed by atoms with E-state index in [0.29, 0.717) is 23.3 Å². The lowest BCUT2D eigenvalue weighted by Gasteiger charge is -2.57. The number of hydrogen-bond donors (Lipinski definition) is 1. The highest BCUT2D eigenvalue weighted by molar-refractivity contribution is 5.87. The Morgan fingerprint density at radius 1 is 1.29 bits per heavy atom. The first-order chi connectivity index (χ1) is 7.99. The summed E-state index contributed by atoms with van der Waals surface area (Å²) in [6.07, 6.45) is 4.75. The van der Waals surface area contributed by atoms with Gasteiger partial charge in [-0.15, -0.1) is 0 Å². The molecule has 4 rings (SSSR count). The Morgan fingerprint density at radius 3 is 2.41 bits per heavy atom. The van der Waals surface area contributed by atoms with Gasteiger partial charge >= 0.3 is 5.97 Å². The largest absolute Gasteiger partial charge is 0.456 e. The summed E-state index contributed by atoms with van der Waals surface area (Å²) in [5.41, 5.74) is 0.187. The lowest BCUT2D eigenvalue weighted by Crippen LogP contribution is -2.58. The molecule has 1 N–H and O–H groups in total. The van der Waals surface area contributed by atoms with Crippen molar-refractivity contribution in [1.29, 1.82) is 0 Å². The second kappa shape index (κ2) is 3.58. The van der Waals surface area contributed by atoms with Crippen LogP contribution >= 0.6 is 0 Å². The van der Waals surface area contributed by atoms with E-state index in [-0.39, 0.29) is 17.7 Å². The summed E-state index contributed by atoms with van der Waals surface area (Å²) in [5.74, 6) is 1.08. The molecule has 0 radical (unpaired) electrons. The third-order valence-electron chi connectivity index (χ3n) is 4.82. The van der Waals surface area contributed by atoms with Gasteiger partial charge in [0.25, 0.3) is 0 Å². The molecule has 0 spiro atoms. The summed E-state index contributed by atoms with van der Waals surface area (Å²) in [4.78, 5) is 11.7. The monoisotopic (exact) mass is 236 g/mol. The van der Waals surface area contributed by atoms with Gasteiger partial charge < -0.3 is 9.84 Å². The van der Waals surface area contributed by atoms with E-state index in [1.807, 2.05) is 0 Å². The first-order valence-electron chi connectivity index (χ1n) is 6.56. The maximum absolute atomic E-state index is 11.7. The highest BCUT2D eigenvalue weighted by Crippen LogP contribution is 2.57. The molecular formula is C14H20O3. The van der Waals surface area contributed by atoms with Crippen LogP contribution in [-0.2, 0) is 9.53 Å². The molecule has 4 fully saturated rings. The number of rotatable bonds is 2. The number of esters is 1. The van der Waals surface area contributed by atoms with E-state index in [1.54, 1.807) is 6.92 Å². The van der Waals surface area contributed by atoms with Crippen molar-refractivity contribution >= 4 is 5.97 Å². The second-order valence-electron chi connectivity index (χ2n) is 6.31. The van der Waals surface area contributed by atoms with Crippen LogP contribution in [0.3, 0.4) is 0 Å². The smallest absolute Gasteiger partial charge is 0.333 e. The van der Waals surface area contributed by atoms with Crippen LogP contribution in [0.25, 0.3) is 0 Å². The number of carbonyl (C=O) groups excluding carboxylic acids is 1. The van der Waals surface area contributed by atoms with Crippen molar-refractivity contribution in [2.45, 2.75) is 50.7 Å². The first kappa shape index (κ1) is 11.3. The van der Waals surface area contributed by atoms with E-state index < -0.39 is 0 Å². The molecule has 4 aliphatic carbocycles. The van der Waals surface area contributed by atoms with Crippen molar-refractivity contribution in [1.82, 2.24) is 0 Å². The van der Waals surface area contributed by atoms with Gasteiger partial charge in [0.2, 0.25) is 0 Å². The van der Waals surface area contributed by atoms with Gasteiger partial charge in [-0.2, -0.15) is 0 Å². The standard InChI is InChI=1S/C14H20O3/c1-8(2)13(16)17-14-5-9-3-10(6-14)12(15)11(4-9)7-14/h9-12,15H,1,3-7H2,2H3.